The van der Waals surface area contributed by atoms with Crippen LogP contribution in [0.1, 0.15) is 31.2 Å². The summed E-state index contributed by atoms with van der Waals surface area (Å²) in [6, 6.07) is 10.5. The second-order valence-corrected chi connectivity index (χ2v) is 6.06. The molecule has 2 fully saturated rings. The summed E-state index contributed by atoms with van der Waals surface area (Å²) in [5.41, 5.74) is 1.29. The Morgan fingerprint density at radius 2 is 1.86 bits per heavy atom. The fourth-order valence-electron chi connectivity index (χ4n) is 3.33. The van der Waals surface area contributed by atoms with E-state index in [1.165, 1.54) is 11.5 Å². The van der Waals surface area contributed by atoms with Gasteiger partial charge in [-0.15, -0.1) is 0 Å². The van der Waals surface area contributed by atoms with E-state index >= 15 is 0 Å². The molecule has 2 heterocycles. The van der Waals surface area contributed by atoms with Gasteiger partial charge < -0.3 is 16.1 Å². The Balaban J connectivity index is 0.00000161. The molecule has 1 radical (unpaired) electrons. The van der Waals surface area contributed by atoms with Gasteiger partial charge >= 0.3 is 0 Å². The first-order valence-corrected chi connectivity index (χ1v) is 7.61. The largest absolute Gasteiger partial charge is 0.348 e. The van der Waals surface area contributed by atoms with Crippen molar-refractivity contribution in [2.75, 3.05) is 26.2 Å². The molecule has 0 aromatic heterocycles. The Bertz CT molecular complexity index is 457. The molecule has 3 nitrogen and oxygen atoms in total. The number of amides is 1. The van der Waals surface area contributed by atoms with Crippen molar-refractivity contribution >= 4 is 5.91 Å². The van der Waals surface area contributed by atoms with Crippen molar-refractivity contribution in [1.82, 2.24) is 10.2 Å². The summed E-state index contributed by atoms with van der Waals surface area (Å²) in [5, 5.41) is 3.40. The van der Waals surface area contributed by atoms with E-state index in [4.69, 9.17) is 0 Å². The number of rotatable bonds is 2. The van der Waals surface area contributed by atoms with E-state index in [-0.39, 0.29) is 38.6 Å². The first kappa shape index (κ1) is 17.1. The van der Waals surface area contributed by atoms with Gasteiger partial charge in [0, 0.05) is 51.7 Å². The molecule has 0 bridgehead atoms. The van der Waals surface area contributed by atoms with Crippen LogP contribution in [0.2, 0.25) is 0 Å². The molecule has 2 aliphatic rings. The van der Waals surface area contributed by atoms with Crippen molar-refractivity contribution in [3.05, 3.63) is 41.8 Å². The fourth-order valence-corrected chi connectivity index (χ4v) is 3.33. The number of hydrogen-bond donors (Lipinski definition) is 1. The zero-order valence-corrected chi connectivity index (χ0v) is 15.6. The van der Waals surface area contributed by atoms with Crippen LogP contribution in [0.3, 0.4) is 0 Å². The SMILES string of the molecule is C[C-]1CCN(C(=O)C2CNCC2c2ccccc2)CC1.[Y]. The quantitative estimate of drug-likeness (QED) is 0.821. The minimum atomic E-state index is 0. The average molecular weight is 360 g/mol. The van der Waals surface area contributed by atoms with Gasteiger partial charge in [-0.25, -0.2) is 0 Å². The Labute approximate surface area is 152 Å². The van der Waals surface area contributed by atoms with Crippen LogP contribution in [-0.2, 0) is 37.5 Å². The summed E-state index contributed by atoms with van der Waals surface area (Å²) in [6.07, 6.45) is 2.14. The Morgan fingerprint density at radius 3 is 2.52 bits per heavy atom. The van der Waals surface area contributed by atoms with Gasteiger partial charge in [0.1, 0.15) is 0 Å². The smallest absolute Gasteiger partial charge is 0.227 e. The summed E-state index contributed by atoms with van der Waals surface area (Å²) in [4.78, 5) is 14.8. The minimum absolute atomic E-state index is 0. The van der Waals surface area contributed by atoms with Crippen molar-refractivity contribution in [1.29, 1.82) is 0 Å². The summed E-state index contributed by atoms with van der Waals surface area (Å²) >= 11 is 0. The van der Waals surface area contributed by atoms with Crippen molar-refractivity contribution in [3.63, 3.8) is 0 Å². The second-order valence-electron chi connectivity index (χ2n) is 6.06. The molecule has 2 unspecified atom stereocenters. The number of nitrogens with zero attached hydrogens (tertiary/aromatic N) is 1. The molecular formula is C17H23N2OY-. The van der Waals surface area contributed by atoms with Crippen molar-refractivity contribution in [2.24, 2.45) is 5.92 Å². The van der Waals surface area contributed by atoms with Crippen LogP contribution in [0.15, 0.2) is 30.3 Å². The molecule has 21 heavy (non-hydrogen) atoms. The van der Waals surface area contributed by atoms with Gasteiger partial charge in [-0.05, 0) is 18.7 Å². The fraction of sp³-hybridized carbons (Fsp3) is 0.529. The van der Waals surface area contributed by atoms with E-state index in [2.05, 4.69) is 41.4 Å². The number of piperidine rings is 1. The molecule has 1 amide bonds. The van der Waals surface area contributed by atoms with Crippen LogP contribution in [0.4, 0.5) is 0 Å². The molecule has 1 N–H and O–H groups in total. The van der Waals surface area contributed by atoms with Crippen LogP contribution < -0.4 is 5.32 Å². The Kier molecular flexibility index (Phi) is 6.40. The van der Waals surface area contributed by atoms with Crippen LogP contribution in [0.5, 0.6) is 0 Å². The van der Waals surface area contributed by atoms with Gasteiger partial charge in [0.05, 0.1) is 5.92 Å². The summed E-state index contributed by atoms with van der Waals surface area (Å²) in [7, 11) is 0. The Morgan fingerprint density at radius 1 is 1.19 bits per heavy atom. The molecule has 0 spiro atoms. The average Bonchev–Trinajstić information content (AvgIpc) is 2.97. The van der Waals surface area contributed by atoms with E-state index in [9.17, 15) is 4.79 Å². The van der Waals surface area contributed by atoms with Gasteiger partial charge in [-0.3, -0.25) is 4.79 Å². The first-order valence-electron chi connectivity index (χ1n) is 7.61. The predicted molar refractivity (Wildman–Crippen MR) is 80.3 cm³/mol. The molecule has 2 aliphatic heterocycles. The standard InChI is InChI=1S/C17H23N2O.Y/c1-13-7-9-19(10-8-13)17(20)16-12-18-11-15(16)14-5-3-2-4-6-14;/h2-6,15-16,18H,7-12H2,1H3;/q-1;. The third-order valence-electron chi connectivity index (χ3n) is 4.69. The van der Waals surface area contributed by atoms with Gasteiger partial charge in [-0.1, -0.05) is 30.3 Å². The van der Waals surface area contributed by atoms with Crippen LogP contribution >= 0.6 is 0 Å². The zero-order chi connectivity index (χ0) is 13.9. The van der Waals surface area contributed by atoms with E-state index in [0.29, 0.717) is 11.8 Å². The topological polar surface area (TPSA) is 32.3 Å². The minimum Gasteiger partial charge on any atom is -0.348 e. The van der Waals surface area contributed by atoms with Gasteiger partial charge in [0.15, 0.2) is 0 Å². The summed E-state index contributed by atoms with van der Waals surface area (Å²) in [5.74, 6) is 2.31. The second kappa shape index (κ2) is 7.85. The van der Waals surface area contributed by atoms with Gasteiger partial charge in [0.2, 0.25) is 5.91 Å². The number of benzene rings is 1. The third-order valence-corrected chi connectivity index (χ3v) is 4.69. The van der Waals surface area contributed by atoms with Crippen molar-refractivity contribution < 1.29 is 37.5 Å². The number of hydrogen-bond acceptors (Lipinski definition) is 2. The molecule has 2 saturated heterocycles. The number of likely N-dealkylation sites (tertiary alicyclic amines) is 1. The van der Waals surface area contributed by atoms with Crippen LogP contribution in [-0.4, -0.2) is 37.0 Å². The molecule has 2 atom stereocenters. The van der Waals surface area contributed by atoms with Crippen LogP contribution in [0, 0.1) is 11.8 Å². The van der Waals surface area contributed by atoms with E-state index in [0.717, 1.165) is 39.0 Å². The summed E-state index contributed by atoms with van der Waals surface area (Å²) < 4.78 is 0. The molecule has 3 rings (SSSR count). The van der Waals surface area contributed by atoms with Gasteiger partial charge in [-0.2, -0.15) is 19.8 Å². The molecule has 1 aromatic carbocycles. The number of carbonyl (C=O) groups excluding carboxylic acids is 1. The molecule has 0 aliphatic carbocycles. The van der Waals surface area contributed by atoms with Crippen LogP contribution in [0.25, 0.3) is 0 Å². The monoisotopic (exact) mass is 360 g/mol. The zero-order valence-electron chi connectivity index (χ0n) is 12.7. The molecule has 0 saturated carbocycles. The maximum absolute atomic E-state index is 12.8. The molecular weight excluding hydrogens is 337 g/mol. The Hall–Kier alpha value is -0.246. The van der Waals surface area contributed by atoms with E-state index in [1.807, 2.05) is 6.07 Å². The maximum atomic E-state index is 12.8. The number of nitrogens with one attached hydrogen (secondary N) is 1. The number of carbonyl (C=O) groups is 1. The normalized spacial score (nSPS) is 26.4. The van der Waals surface area contributed by atoms with Crippen molar-refractivity contribution in [3.8, 4) is 0 Å². The van der Waals surface area contributed by atoms with E-state index < -0.39 is 0 Å². The molecule has 111 valence electrons. The molecule has 4 heteroatoms. The summed E-state index contributed by atoms with van der Waals surface area (Å²) in [6.45, 7) is 5.74. The molecule has 1 aromatic rings. The first-order chi connectivity index (χ1) is 9.75. The third kappa shape index (κ3) is 3.94. The van der Waals surface area contributed by atoms with E-state index in [1.54, 1.807) is 0 Å². The van der Waals surface area contributed by atoms with Crippen molar-refractivity contribution in [2.45, 2.75) is 25.7 Å². The predicted octanol–water partition coefficient (Wildman–Crippen LogP) is 2.20. The van der Waals surface area contributed by atoms with Gasteiger partial charge in [0.25, 0.3) is 0 Å². The maximum Gasteiger partial charge on any atom is 0.227 e.